The molecule has 23 heavy (non-hydrogen) atoms. The van der Waals surface area contributed by atoms with Crippen molar-refractivity contribution < 1.29 is 0 Å². The standard InChI is InChI=1S/C19H15N3O/c1-12-5-2-3-7-17(12)21-13-8-9-15-16(11-13)14-6-4-10-20-18(14)22-19(15)23/h2-11,21H,1H3,(H,20,22,23). The van der Waals surface area contributed by atoms with E-state index in [0.717, 1.165) is 22.1 Å². The summed E-state index contributed by atoms with van der Waals surface area (Å²) in [7, 11) is 0. The lowest BCUT2D eigenvalue weighted by atomic mass is 10.1. The van der Waals surface area contributed by atoms with Gasteiger partial charge in [0.05, 0.1) is 0 Å². The quantitative estimate of drug-likeness (QED) is 0.547. The summed E-state index contributed by atoms with van der Waals surface area (Å²) in [5.74, 6) is 0. The average Bonchev–Trinajstić information content (AvgIpc) is 2.57. The third kappa shape index (κ3) is 2.34. The molecule has 2 N–H and O–H groups in total. The van der Waals surface area contributed by atoms with Crippen molar-refractivity contribution in [2.45, 2.75) is 6.92 Å². The molecule has 0 atom stereocenters. The molecule has 112 valence electrons. The van der Waals surface area contributed by atoms with Gasteiger partial charge in [0, 0.05) is 33.7 Å². The van der Waals surface area contributed by atoms with Crippen molar-refractivity contribution in [3.63, 3.8) is 0 Å². The Morgan fingerprint density at radius 3 is 2.70 bits per heavy atom. The summed E-state index contributed by atoms with van der Waals surface area (Å²) in [4.78, 5) is 19.3. The van der Waals surface area contributed by atoms with Crippen molar-refractivity contribution in [3.8, 4) is 0 Å². The van der Waals surface area contributed by atoms with Crippen LogP contribution in [0.1, 0.15) is 5.56 Å². The van der Waals surface area contributed by atoms with Crippen LogP contribution in [0.25, 0.3) is 21.8 Å². The van der Waals surface area contributed by atoms with Gasteiger partial charge < -0.3 is 10.3 Å². The predicted molar refractivity (Wildman–Crippen MR) is 94.3 cm³/mol. The van der Waals surface area contributed by atoms with Crippen LogP contribution in [-0.2, 0) is 0 Å². The van der Waals surface area contributed by atoms with Gasteiger partial charge in [-0.2, -0.15) is 0 Å². The fraction of sp³-hybridized carbons (Fsp3) is 0.0526. The second-order valence-corrected chi connectivity index (χ2v) is 5.55. The fourth-order valence-corrected chi connectivity index (χ4v) is 2.81. The Kier molecular flexibility index (Phi) is 3.08. The number of hydrogen-bond acceptors (Lipinski definition) is 3. The lowest BCUT2D eigenvalue weighted by molar-refractivity contribution is 1.25. The molecule has 0 aliphatic rings. The molecule has 4 nitrogen and oxygen atoms in total. The van der Waals surface area contributed by atoms with Crippen LogP contribution in [0.5, 0.6) is 0 Å². The van der Waals surface area contributed by atoms with Crippen molar-refractivity contribution in [2.75, 3.05) is 5.32 Å². The van der Waals surface area contributed by atoms with E-state index in [1.54, 1.807) is 6.20 Å². The Bertz CT molecular complexity index is 1080. The van der Waals surface area contributed by atoms with E-state index in [4.69, 9.17) is 0 Å². The monoisotopic (exact) mass is 301 g/mol. The first-order valence-corrected chi connectivity index (χ1v) is 7.46. The van der Waals surface area contributed by atoms with Crippen LogP contribution in [0.3, 0.4) is 0 Å². The number of para-hydroxylation sites is 1. The molecular weight excluding hydrogens is 286 g/mol. The minimum atomic E-state index is -0.117. The third-order valence-corrected chi connectivity index (χ3v) is 4.02. The van der Waals surface area contributed by atoms with E-state index in [1.807, 2.05) is 48.5 Å². The molecule has 0 aliphatic heterocycles. The van der Waals surface area contributed by atoms with Gasteiger partial charge in [0.1, 0.15) is 5.65 Å². The van der Waals surface area contributed by atoms with Gasteiger partial charge in [-0.1, -0.05) is 18.2 Å². The number of rotatable bonds is 2. The second-order valence-electron chi connectivity index (χ2n) is 5.55. The zero-order chi connectivity index (χ0) is 15.8. The normalized spacial score (nSPS) is 11.0. The highest BCUT2D eigenvalue weighted by Crippen LogP contribution is 2.26. The van der Waals surface area contributed by atoms with Crippen molar-refractivity contribution in [1.29, 1.82) is 0 Å². The second kappa shape index (κ2) is 5.25. The van der Waals surface area contributed by atoms with Crippen molar-refractivity contribution in [2.24, 2.45) is 0 Å². The number of benzene rings is 2. The van der Waals surface area contributed by atoms with E-state index in [0.29, 0.717) is 11.0 Å². The van der Waals surface area contributed by atoms with Crippen LogP contribution in [0.2, 0.25) is 0 Å². The van der Waals surface area contributed by atoms with Crippen LogP contribution < -0.4 is 10.9 Å². The number of nitrogens with zero attached hydrogens (tertiary/aromatic N) is 1. The van der Waals surface area contributed by atoms with Crippen LogP contribution in [-0.4, -0.2) is 9.97 Å². The molecule has 4 heteroatoms. The maximum atomic E-state index is 12.2. The number of pyridine rings is 2. The molecule has 0 saturated heterocycles. The predicted octanol–water partition coefficient (Wildman–Crippen LogP) is 4.13. The van der Waals surface area contributed by atoms with E-state index in [9.17, 15) is 4.79 Å². The highest BCUT2D eigenvalue weighted by atomic mass is 16.1. The first kappa shape index (κ1) is 13.5. The van der Waals surface area contributed by atoms with E-state index < -0.39 is 0 Å². The largest absolute Gasteiger partial charge is 0.355 e. The third-order valence-electron chi connectivity index (χ3n) is 4.02. The van der Waals surface area contributed by atoms with Crippen LogP contribution in [0.15, 0.2) is 65.6 Å². The lowest BCUT2D eigenvalue weighted by Crippen LogP contribution is -2.07. The van der Waals surface area contributed by atoms with Gasteiger partial charge in [-0.3, -0.25) is 4.79 Å². The van der Waals surface area contributed by atoms with E-state index >= 15 is 0 Å². The number of aromatic amines is 1. The summed E-state index contributed by atoms with van der Waals surface area (Å²) >= 11 is 0. The molecule has 0 aliphatic carbocycles. The molecule has 0 spiro atoms. The minimum Gasteiger partial charge on any atom is -0.355 e. The van der Waals surface area contributed by atoms with Crippen molar-refractivity contribution in [1.82, 2.24) is 9.97 Å². The summed E-state index contributed by atoms with van der Waals surface area (Å²) < 4.78 is 0. The lowest BCUT2D eigenvalue weighted by Gasteiger charge is -2.11. The van der Waals surface area contributed by atoms with Gasteiger partial charge >= 0.3 is 0 Å². The number of H-pyrrole nitrogens is 1. The zero-order valence-corrected chi connectivity index (χ0v) is 12.6. The zero-order valence-electron chi connectivity index (χ0n) is 12.6. The number of anilines is 2. The highest BCUT2D eigenvalue weighted by molar-refractivity contribution is 6.05. The van der Waals surface area contributed by atoms with Gasteiger partial charge in [0.25, 0.3) is 5.56 Å². The Morgan fingerprint density at radius 2 is 1.83 bits per heavy atom. The molecule has 0 fully saturated rings. The van der Waals surface area contributed by atoms with Gasteiger partial charge in [0.2, 0.25) is 0 Å². The highest BCUT2D eigenvalue weighted by Gasteiger charge is 2.07. The molecule has 0 amide bonds. The van der Waals surface area contributed by atoms with Crippen LogP contribution >= 0.6 is 0 Å². The molecule has 4 rings (SSSR count). The topological polar surface area (TPSA) is 57.8 Å². The van der Waals surface area contributed by atoms with Gasteiger partial charge in [-0.05, 0) is 48.9 Å². The first-order valence-electron chi connectivity index (χ1n) is 7.46. The van der Waals surface area contributed by atoms with Crippen molar-refractivity contribution >= 4 is 33.2 Å². The number of aryl methyl sites for hydroxylation is 1. The summed E-state index contributed by atoms with van der Waals surface area (Å²) in [5, 5.41) is 5.92. The number of hydrogen-bond donors (Lipinski definition) is 2. The molecule has 2 heterocycles. The Hall–Kier alpha value is -3.14. The minimum absolute atomic E-state index is 0.117. The molecule has 2 aromatic heterocycles. The summed E-state index contributed by atoms with van der Waals surface area (Å²) in [6.45, 7) is 2.06. The fourth-order valence-electron chi connectivity index (χ4n) is 2.81. The van der Waals surface area contributed by atoms with Gasteiger partial charge in [0.15, 0.2) is 0 Å². The first-order chi connectivity index (χ1) is 11.2. The van der Waals surface area contributed by atoms with Gasteiger partial charge in [-0.25, -0.2) is 4.98 Å². The van der Waals surface area contributed by atoms with E-state index in [-0.39, 0.29) is 5.56 Å². The Morgan fingerprint density at radius 1 is 0.957 bits per heavy atom. The molecule has 2 aromatic carbocycles. The molecular formula is C19H15N3O. The van der Waals surface area contributed by atoms with Gasteiger partial charge in [-0.15, -0.1) is 0 Å². The Labute approximate surface area is 132 Å². The average molecular weight is 301 g/mol. The Balaban J connectivity index is 1.92. The molecule has 4 aromatic rings. The molecule has 0 radical (unpaired) electrons. The smallest absolute Gasteiger partial charge is 0.257 e. The van der Waals surface area contributed by atoms with Crippen LogP contribution in [0.4, 0.5) is 11.4 Å². The van der Waals surface area contributed by atoms with E-state index in [2.05, 4.69) is 28.3 Å². The maximum Gasteiger partial charge on any atom is 0.257 e. The molecule has 0 unspecified atom stereocenters. The SMILES string of the molecule is Cc1ccccc1Nc1ccc2c(=O)[nH]c3ncccc3c2c1. The summed E-state index contributed by atoms with van der Waals surface area (Å²) in [6, 6.07) is 17.7. The van der Waals surface area contributed by atoms with Crippen molar-refractivity contribution in [3.05, 3.63) is 76.7 Å². The number of fused-ring (bicyclic) bond motifs is 3. The number of nitrogens with one attached hydrogen (secondary N) is 2. The van der Waals surface area contributed by atoms with E-state index in [1.165, 1.54) is 5.56 Å². The summed E-state index contributed by atoms with van der Waals surface area (Å²) in [6.07, 6.45) is 1.68. The maximum absolute atomic E-state index is 12.2. The molecule has 0 bridgehead atoms. The molecule has 0 saturated carbocycles. The van der Waals surface area contributed by atoms with Crippen LogP contribution in [0, 0.1) is 6.92 Å². The number of aromatic nitrogens is 2. The summed E-state index contributed by atoms with van der Waals surface area (Å²) in [5.41, 5.74) is 3.67.